The predicted octanol–water partition coefficient (Wildman–Crippen LogP) is 6.18. The third-order valence-electron chi connectivity index (χ3n) is 3.50. The van der Waals surface area contributed by atoms with Gasteiger partial charge in [-0.1, -0.05) is 44.2 Å². The molecule has 0 bridgehead atoms. The van der Waals surface area contributed by atoms with Crippen molar-refractivity contribution in [3.05, 3.63) is 70.6 Å². The highest BCUT2D eigenvalue weighted by Gasteiger charge is 2.12. The number of aromatic nitrogens is 1. The molecule has 0 fully saturated rings. The molecular weight excluding hydrogens is 358 g/mol. The van der Waals surface area contributed by atoms with E-state index in [2.05, 4.69) is 16.3 Å². The van der Waals surface area contributed by atoms with Crippen molar-refractivity contribution in [1.29, 1.82) is 0 Å². The van der Waals surface area contributed by atoms with Crippen LogP contribution in [0.5, 0.6) is 0 Å². The van der Waals surface area contributed by atoms with Crippen LogP contribution in [0.15, 0.2) is 63.7 Å². The standard InChI is InChI=1S/C16H13NO2S.C4H8O.C2H6/c1-3-10(2)13-9-20-15(17-13)12-8-11-6-4-5-7-14(11)19-16(12)18;1-3-4-5-2;1-2/h3-9H,1-2H3;3H,1,4H2,2H3;1-2H3/b10-3+;;. The molecule has 0 aliphatic rings. The van der Waals surface area contributed by atoms with Crippen molar-refractivity contribution < 1.29 is 9.15 Å². The molecule has 144 valence electrons. The summed E-state index contributed by atoms with van der Waals surface area (Å²) >= 11 is 1.46. The largest absolute Gasteiger partial charge is 0.422 e. The summed E-state index contributed by atoms with van der Waals surface area (Å²) in [6, 6.07) is 9.32. The number of para-hydroxylation sites is 1. The van der Waals surface area contributed by atoms with E-state index in [4.69, 9.17) is 4.42 Å². The summed E-state index contributed by atoms with van der Waals surface area (Å²) < 4.78 is 9.91. The van der Waals surface area contributed by atoms with Crippen LogP contribution in [0.1, 0.15) is 33.4 Å². The summed E-state index contributed by atoms with van der Waals surface area (Å²) in [6.07, 6.45) is 3.71. The van der Waals surface area contributed by atoms with E-state index in [-0.39, 0.29) is 5.63 Å². The van der Waals surface area contributed by atoms with Gasteiger partial charge in [0.1, 0.15) is 10.6 Å². The molecule has 2 heterocycles. The Morgan fingerprint density at radius 3 is 2.63 bits per heavy atom. The Bertz CT molecular complexity index is 938. The lowest BCUT2D eigenvalue weighted by Crippen LogP contribution is -2.02. The molecule has 0 saturated heterocycles. The molecule has 1 aromatic carbocycles. The third-order valence-corrected chi connectivity index (χ3v) is 4.37. The van der Waals surface area contributed by atoms with E-state index in [9.17, 15) is 4.79 Å². The Morgan fingerprint density at radius 2 is 2.04 bits per heavy atom. The highest BCUT2D eigenvalue weighted by molar-refractivity contribution is 7.13. The average Bonchev–Trinajstić information content (AvgIpc) is 3.19. The average molecular weight is 386 g/mol. The first-order chi connectivity index (χ1) is 13.1. The van der Waals surface area contributed by atoms with Gasteiger partial charge in [0, 0.05) is 17.9 Å². The van der Waals surface area contributed by atoms with E-state index >= 15 is 0 Å². The normalized spacial score (nSPS) is 10.5. The lowest BCUT2D eigenvalue weighted by Gasteiger charge is -1.99. The molecule has 0 N–H and O–H groups in total. The molecule has 0 amide bonds. The number of methoxy groups -OCH3 is 1. The number of ether oxygens (including phenoxy) is 1. The monoisotopic (exact) mass is 385 g/mol. The Balaban J connectivity index is 0.000000454. The summed E-state index contributed by atoms with van der Waals surface area (Å²) in [7, 11) is 1.64. The van der Waals surface area contributed by atoms with E-state index < -0.39 is 0 Å². The van der Waals surface area contributed by atoms with Crippen LogP contribution in [-0.2, 0) is 4.74 Å². The van der Waals surface area contributed by atoms with Crippen LogP contribution in [-0.4, -0.2) is 18.7 Å². The topological polar surface area (TPSA) is 52.3 Å². The first kappa shape index (κ1) is 22.5. The van der Waals surface area contributed by atoms with E-state index in [1.165, 1.54) is 11.3 Å². The number of benzene rings is 1. The Labute approximate surface area is 164 Å². The molecule has 0 unspecified atom stereocenters. The third kappa shape index (κ3) is 6.31. The molecule has 3 aromatic rings. The van der Waals surface area contributed by atoms with Crippen molar-refractivity contribution >= 4 is 27.9 Å². The Morgan fingerprint density at radius 1 is 1.33 bits per heavy atom. The van der Waals surface area contributed by atoms with Gasteiger partial charge in [-0.25, -0.2) is 9.78 Å². The lowest BCUT2D eigenvalue weighted by molar-refractivity contribution is 0.234. The van der Waals surface area contributed by atoms with Crippen LogP contribution in [0.2, 0.25) is 0 Å². The molecule has 0 atom stereocenters. The Kier molecular flexibility index (Phi) is 10.0. The number of nitrogens with zero attached hydrogens (tertiary/aromatic N) is 1. The molecule has 27 heavy (non-hydrogen) atoms. The quantitative estimate of drug-likeness (QED) is 0.397. The molecule has 0 saturated carbocycles. The predicted molar refractivity (Wildman–Crippen MR) is 116 cm³/mol. The number of allylic oxidation sites excluding steroid dienone is 2. The van der Waals surface area contributed by atoms with Gasteiger partial charge in [-0.15, -0.1) is 17.9 Å². The maximum atomic E-state index is 12.1. The zero-order valence-corrected chi connectivity index (χ0v) is 17.4. The number of hydrogen-bond acceptors (Lipinski definition) is 5. The molecule has 2 aromatic heterocycles. The second-order valence-corrected chi connectivity index (χ2v) is 6.10. The highest BCUT2D eigenvalue weighted by Crippen LogP contribution is 2.26. The van der Waals surface area contributed by atoms with E-state index in [1.807, 2.05) is 63.4 Å². The number of rotatable bonds is 4. The fourth-order valence-corrected chi connectivity index (χ4v) is 2.94. The van der Waals surface area contributed by atoms with Gasteiger partial charge in [-0.05, 0) is 31.6 Å². The second kappa shape index (κ2) is 12.0. The number of thiazole rings is 1. The van der Waals surface area contributed by atoms with Crippen LogP contribution in [0.25, 0.3) is 27.1 Å². The van der Waals surface area contributed by atoms with Crippen molar-refractivity contribution in [2.24, 2.45) is 0 Å². The van der Waals surface area contributed by atoms with Crippen molar-refractivity contribution in [3.63, 3.8) is 0 Å². The molecule has 0 spiro atoms. The van der Waals surface area contributed by atoms with Crippen LogP contribution in [0, 0.1) is 0 Å². The Hall–Kier alpha value is -2.50. The minimum Gasteiger partial charge on any atom is -0.422 e. The van der Waals surface area contributed by atoms with Crippen molar-refractivity contribution in [2.75, 3.05) is 13.7 Å². The number of hydrogen-bond donors (Lipinski definition) is 0. The number of fused-ring (bicyclic) bond motifs is 1. The zero-order chi connectivity index (χ0) is 20.2. The minimum absolute atomic E-state index is 0.345. The molecule has 4 nitrogen and oxygen atoms in total. The fourth-order valence-electron chi connectivity index (χ4n) is 2.06. The van der Waals surface area contributed by atoms with E-state index in [1.54, 1.807) is 19.3 Å². The maximum absolute atomic E-state index is 12.1. The van der Waals surface area contributed by atoms with Gasteiger partial charge in [0.15, 0.2) is 0 Å². The molecule has 0 aliphatic carbocycles. The first-order valence-electron chi connectivity index (χ1n) is 8.82. The molecule has 5 heteroatoms. The van der Waals surface area contributed by atoms with Gasteiger partial charge < -0.3 is 9.15 Å². The summed E-state index contributed by atoms with van der Waals surface area (Å²) in [5.74, 6) is 0. The summed E-state index contributed by atoms with van der Waals surface area (Å²) in [5, 5.41) is 3.56. The van der Waals surface area contributed by atoms with Gasteiger partial charge in [0.25, 0.3) is 0 Å². The van der Waals surface area contributed by atoms with E-state index in [0.717, 1.165) is 16.7 Å². The molecule has 0 radical (unpaired) electrons. The minimum atomic E-state index is -0.345. The highest BCUT2D eigenvalue weighted by atomic mass is 32.1. The van der Waals surface area contributed by atoms with Crippen molar-refractivity contribution in [3.8, 4) is 10.6 Å². The van der Waals surface area contributed by atoms with E-state index in [0.29, 0.717) is 22.8 Å². The summed E-state index contributed by atoms with van der Waals surface area (Å²) in [5.41, 5.74) is 2.77. The van der Waals surface area contributed by atoms with Crippen LogP contribution < -0.4 is 5.63 Å². The lowest BCUT2D eigenvalue weighted by atomic mass is 10.2. The van der Waals surface area contributed by atoms with Crippen molar-refractivity contribution in [1.82, 2.24) is 4.98 Å². The van der Waals surface area contributed by atoms with Gasteiger partial charge in [0.05, 0.1) is 17.9 Å². The summed E-state index contributed by atoms with van der Waals surface area (Å²) in [6.45, 7) is 12.1. The SMILES string of the molecule is C/C=C(\C)c1csc(-c2cc3ccccc3oc2=O)n1.C=CCOC.CC. The van der Waals surface area contributed by atoms with Crippen LogP contribution in [0.4, 0.5) is 0 Å². The van der Waals surface area contributed by atoms with Crippen LogP contribution in [0.3, 0.4) is 0 Å². The molecular formula is C22H27NO3S. The zero-order valence-electron chi connectivity index (χ0n) is 16.6. The van der Waals surface area contributed by atoms with Gasteiger partial charge in [-0.3, -0.25) is 0 Å². The van der Waals surface area contributed by atoms with Crippen molar-refractivity contribution in [2.45, 2.75) is 27.7 Å². The smallest absolute Gasteiger partial charge is 0.346 e. The maximum Gasteiger partial charge on any atom is 0.346 e. The van der Waals surface area contributed by atoms with Gasteiger partial charge in [0.2, 0.25) is 0 Å². The summed E-state index contributed by atoms with van der Waals surface area (Å²) in [4.78, 5) is 16.6. The van der Waals surface area contributed by atoms with Gasteiger partial charge in [-0.2, -0.15) is 0 Å². The fraction of sp³-hybridized carbons (Fsp3) is 0.273. The van der Waals surface area contributed by atoms with Crippen LogP contribution >= 0.6 is 11.3 Å². The second-order valence-electron chi connectivity index (χ2n) is 5.24. The molecule has 3 rings (SSSR count). The molecule has 0 aliphatic heterocycles. The first-order valence-corrected chi connectivity index (χ1v) is 9.70. The van der Waals surface area contributed by atoms with Gasteiger partial charge >= 0.3 is 5.63 Å².